The molecule has 0 saturated carbocycles. The van der Waals surface area contributed by atoms with E-state index < -0.39 is 4.92 Å². The van der Waals surface area contributed by atoms with Crippen LogP contribution >= 0.6 is 11.6 Å². The minimum atomic E-state index is -0.451. The lowest BCUT2D eigenvalue weighted by molar-refractivity contribution is -0.385. The Kier molecular flexibility index (Phi) is 5.92. The first-order valence-corrected chi connectivity index (χ1v) is 7.48. The maximum atomic E-state index is 11.0. The Morgan fingerprint density at radius 1 is 1.33 bits per heavy atom. The van der Waals surface area contributed by atoms with Crippen molar-refractivity contribution in [1.82, 2.24) is 0 Å². The van der Waals surface area contributed by atoms with Gasteiger partial charge in [-0.05, 0) is 36.8 Å². The van der Waals surface area contributed by atoms with E-state index in [2.05, 4.69) is 5.32 Å². The van der Waals surface area contributed by atoms with Crippen LogP contribution in [0, 0.1) is 22.4 Å². The Morgan fingerprint density at radius 3 is 2.71 bits per heavy atom. The highest BCUT2D eigenvalue weighted by Gasteiger charge is 2.15. The molecule has 2 N–H and O–H groups in total. The molecular weight excluding hydrogens is 330 g/mol. The molecule has 2 aromatic rings. The number of halogens is 1. The van der Waals surface area contributed by atoms with Crippen molar-refractivity contribution in [2.75, 3.05) is 5.32 Å². The van der Waals surface area contributed by atoms with E-state index in [-0.39, 0.29) is 18.2 Å². The number of nitro benzene ring substituents is 1. The van der Waals surface area contributed by atoms with E-state index in [4.69, 9.17) is 21.7 Å². The second-order valence-electron chi connectivity index (χ2n) is 4.97. The van der Waals surface area contributed by atoms with Crippen molar-refractivity contribution in [3.63, 3.8) is 0 Å². The highest BCUT2D eigenvalue weighted by atomic mass is 35.5. The van der Waals surface area contributed by atoms with Crippen LogP contribution in [0.1, 0.15) is 11.1 Å². The molecule has 2 rings (SSSR count). The minimum absolute atomic E-state index is 0.00827. The van der Waals surface area contributed by atoms with Gasteiger partial charge < -0.3 is 10.1 Å². The number of ether oxygens (including phenoxy) is 1. The smallest absolute Gasteiger partial charge is 0.276 e. The second-order valence-corrected chi connectivity index (χ2v) is 5.40. The van der Waals surface area contributed by atoms with E-state index >= 15 is 0 Å². The minimum Gasteiger partial charge on any atom is -0.473 e. The van der Waals surface area contributed by atoms with Crippen molar-refractivity contribution in [2.24, 2.45) is 0 Å². The molecule has 0 fully saturated rings. The van der Waals surface area contributed by atoms with Crippen LogP contribution in [-0.2, 0) is 11.3 Å². The lowest BCUT2D eigenvalue weighted by Crippen LogP contribution is -2.05. The molecule has 6 nitrogen and oxygen atoms in total. The van der Waals surface area contributed by atoms with Gasteiger partial charge in [0.25, 0.3) is 5.69 Å². The zero-order chi connectivity index (χ0) is 17.5. The lowest BCUT2D eigenvalue weighted by atomic mass is 10.1. The van der Waals surface area contributed by atoms with Crippen molar-refractivity contribution in [3.05, 3.63) is 81.0 Å². The largest absolute Gasteiger partial charge is 0.473 e. The van der Waals surface area contributed by atoms with Gasteiger partial charge in [0.15, 0.2) is 0 Å². The van der Waals surface area contributed by atoms with Gasteiger partial charge in [0.2, 0.25) is 5.90 Å². The Labute approximate surface area is 144 Å². The highest BCUT2D eigenvalue weighted by molar-refractivity contribution is 6.30. The third kappa shape index (κ3) is 4.82. The molecule has 0 amide bonds. The SMILES string of the molecule is Cc1cccc([N+](=O)[O-])c1COC(=N)/C=C\Nc1ccc(Cl)cc1. The molecular formula is C17H16ClN3O3. The first kappa shape index (κ1) is 17.5. The number of hydrogen-bond donors (Lipinski definition) is 2. The van der Waals surface area contributed by atoms with Crippen LogP contribution in [0.25, 0.3) is 0 Å². The van der Waals surface area contributed by atoms with Gasteiger partial charge >= 0.3 is 0 Å². The summed E-state index contributed by atoms with van der Waals surface area (Å²) in [4.78, 5) is 10.6. The van der Waals surface area contributed by atoms with Crippen molar-refractivity contribution in [1.29, 1.82) is 5.41 Å². The molecule has 0 aliphatic rings. The molecule has 2 aromatic carbocycles. The molecule has 0 aromatic heterocycles. The van der Waals surface area contributed by atoms with E-state index in [0.29, 0.717) is 10.6 Å². The lowest BCUT2D eigenvalue weighted by Gasteiger charge is -2.08. The molecule has 24 heavy (non-hydrogen) atoms. The molecule has 124 valence electrons. The van der Waals surface area contributed by atoms with Gasteiger partial charge in [-0.1, -0.05) is 23.7 Å². The molecule has 0 atom stereocenters. The van der Waals surface area contributed by atoms with Crippen LogP contribution in [0.15, 0.2) is 54.7 Å². The summed E-state index contributed by atoms with van der Waals surface area (Å²) in [5.74, 6) is -0.103. The molecule has 0 heterocycles. The third-order valence-corrected chi connectivity index (χ3v) is 3.54. The number of anilines is 1. The molecule has 0 aliphatic heterocycles. The van der Waals surface area contributed by atoms with Crippen LogP contribution < -0.4 is 5.32 Å². The molecule has 0 spiro atoms. The number of hydrogen-bond acceptors (Lipinski definition) is 5. The van der Waals surface area contributed by atoms with Gasteiger partial charge in [-0.25, -0.2) is 0 Å². The van der Waals surface area contributed by atoms with Crippen LogP contribution in [0.5, 0.6) is 0 Å². The van der Waals surface area contributed by atoms with Crippen LogP contribution in [0.3, 0.4) is 0 Å². The fraction of sp³-hybridized carbons (Fsp3) is 0.118. The van der Waals surface area contributed by atoms with Gasteiger partial charge in [0.1, 0.15) is 6.61 Å². The zero-order valence-electron chi connectivity index (χ0n) is 13.0. The summed E-state index contributed by atoms with van der Waals surface area (Å²) in [6, 6.07) is 11.9. The predicted octanol–water partition coefficient (Wildman–Crippen LogP) is 4.68. The Bertz CT molecular complexity index is 773. The number of rotatable bonds is 6. The standard InChI is InChI=1S/C17H16ClN3O3/c1-12-3-2-4-16(21(22)23)15(12)11-24-17(19)9-10-20-14-7-5-13(18)6-8-14/h2-10,19-20H,11H2,1H3/b10-9-,19-17?. The van der Waals surface area contributed by atoms with Crippen LogP contribution in [0.2, 0.25) is 5.02 Å². The highest BCUT2D eigenvalue weighted by Crippen LogP contribution is 2.22. The van der Waals surface area contributed by atoms with Crippen LogP contribution in [-0.4, -0.2) is 10.8 Å². The van der Waals surface area contributed by atoms with Crippen molar-refractivity contribution in [3.8, 4) is 0 Å². The summed E-state index contributed by atoms with van der Waals surface area (Å²) in [7, 11) is 0. The van der Waals surface area contributed by atoms with Gasteiger partial charge in [0, 0.05) is 29.1 Å². The van der Waals surface area contributed by atoms with Gasteiger partial charge in [-0.3, -0.25) is 15.5 Å². The molecule has 0 unspecified atom stereocenters. The Morgan fingerprint density at radius 2 is 2.04 bits per heavy atom. The van der Waals surface area contributed by atoms with Crippen LogP contribution in [0.4, 0.5) is 11.4 Å². The monoisotopic (exact) mass is 345 g/mol. The molecule has 7 heteroatoms. The van der Waals surface area contributed by atoms with Crippen molar-refractivity contribution >= 4 is 28.9 Å². The van der Waals surface area contributed by atoms with E-state index in [1.54, 1.807) is 49.5 Å². The maximum absolute atomic E-state index is 11.0. The van der Waals surface area contributed by atoms with E-state index in [1.165, 1.54) is 12.1 Å². The van der Waals surface area contributed by atoms with E-state index in [0.717, 1.165) is 11.3 Å². The summed E-state index contributed by atoms with van der Waals surface area (Å²) >= 11 is 5.80. The summed E-state index contributed by atoms with van der Waals surface area (Å²) in [6.45, 7) is 1.74. The second kappa shape index (κ2) is 8.12. The Hall–Kier alpha value is -2.86. The van der Waals surface area contributed by atoms with Gasteiger partial charge in [0.05, 0.1) is 10.5 Å². The molecule has 0 radical (unpaired) electrons. The summed E-state index contributed by atoms with van der Waals surface area (Å²) < 4.78 is 5.29. The summed E-state index contributed by atoms with van der Waals surface area (Å²) in [5.41, 5.74) is 2.02. The summed E-state index contributed by atoms with van der Waals surface area (Å²) in [5, 5.41) is 22.4. The summed E-state index contributed by atoms with van der Waals surface area (Å²) in [6.07, 6.45) is 2.98. The number of nitrogens with one attached hydrogen (secondary N) is 2. The van der Waals surface area contributed by atoms with Gasteiger partial charge in [-0.2, -0.15) is 0 Å². The topological polar surface area (TPSA) is 88.2 Å². The fourth-order valence-corrected chi connectivity index (χ4v) is 2.13. The Balaban J connectivity index is 1.93. The number of nitrogens with zero attached hydrogens (tertiary/aromatic N) is 1. The van der Waals surface area contributed by atoms with Gasteiger partial charge in [-0.15, -0.1) is 0 Å². The average Bonchev–Trinajstić information content (AvgIpc) is 2.55. The third-order valence-electron chi connectivity index (χ3n) is 3.28. The first-order chi connectivity index (χ1) is 11.5. The molecule has 0 saturated heterocycles. The van der Waals surface area contributed by atoms with E-state index in [9.17, 15) is 10.1 Å². The zero-order valence-corrected chi connectivity index (χ0v) is 13.7. The first-order valence-electron chi connectivity index (χ1n) is 7.10. The van der Waals surface area contributed by atoms with Crippen molar-refractivity contribution in [2.45, 2.75) is 13.5 Å². The molecule has 0 aliphatic carbocycles. The van der Waals surface area contributed by atoms with E-state index in [1.807, 2.05) is 0 Å². The predicted molar refractivity (Wildman–Crippen MR) is 94.6 cm³/mol. The molecule has 0 bridgehead atoms. The average molecular weight is 346 g/mol. The van der Waals surface area contributed by atoms with Crippen molar-refractivity contribution < 1.29 is 9.66 Å². The number of nitro groups is 1. The normalized spacial score (nSPS) is 10.6. The maximum Gasteiger partial charge on any atom is 0.276 e. The fourth-order valence-electron chi connectivity index (χ4n) is 2.00. The number of benzene rings is 2. The quantitative estimate of drug-likeness (QED) is 0.344. The number of aryl methyl sites for hydroxylation is 1.